The Morgan fingerprint density at radius 3 is 2.67 bits per heavy atom. The molecular formula is C11H15N3O4. The van der Waals surface area contributed by atoms with Gasteiger partial charge in [-0.15, -0.1) is 0 Å². The molecular weight excluding hydrogens is 238 g/mol. The summed E-state index contributed by atoms with van der Waals surface area (Å²) in [6.45, 7) is 3.64. The quantitative estimate of drug-likeness (QED) is 0.612. The average Bonchev–Trinajstić information content (AvgIpc) is 2.35. The van der Waals surface area contributed by atoms with E-state index in [0.717, 1.165) is 12.6 Å². The SMILES string of the molecule is CCC(C)N(CC(=O)O)c1ccc([N+](=O)[O-])cn1. The minimum atomic E-state index is -0.963. The summed E-state index contributed by atoms with van der Waals surface area (Å²) in [4.78, 5) is 26.3. The smallest absolute Gasteiger partial charge is 0.323 e. The van der Waals surface area contributed by atoms with Crippen molar-refractivity contribution < 1.29 is 14.8 Å². The Labute approximate surface area is 104 Å². The van der Waals surface area contributed by atoms with Gasteiger partial charge < -0.3 is 10.0 Å². The van der Waals surface area contributed by atoms with Crippen LogP contribution >= 0.6 is 0 Å². The molecule has 0 saturated heterocycles. The minimum absolute atomic E-state index is 0.00458. The summed E-state index contributed by atoms with van der Waals surface area (Å²) in [5.74, 6) is -0.534. The zero-order valence-corrected chi connectivity index (χ0v) is 10.2. The molecule has 0 saturated carbocycles. The van der Waals surface area contributed by atoms with Gasteiger partial charge in [0.2, 0.25) is 0 Å². The fourth-order valence-electron chi connectivity index (χ4n) is 1.48. The molecule has 0 spiro atoms. The summed E-state index contributed by atoms with van der Waals surface area (Å²) in [6.07, 6.45) is 1.89. The fourth-order valence-corrected chi connectivity index (χ4v) is 1.48. The zero-order chi connectivity index (χ0) is 13.7. The van der Waals surface area contributed by atoms with Crippen molar-refractivity contribution in [3.8, 4) is 0 Å². The van der Waals surface area contributed by atoms with Gasteiger partial charge >= 0.3 is 5.97 Å². The highest BCUT2D eigenvalue weighted by Crippen LogP contribution is 2.18. The molecule has 7 nitrogen and oxygen atoms in total. The van der Waals surface area contributed by atoms with Crippen molar-refractivity contribution in [1.29, 1.82) is 0 Å². The molecule has 0 aliphatic heterocycles. The van der Waals surface area contributed by atoms with Crippen LogP contribution in [0.3, 0.4) is 0 Å². The van der Waals surface area contributed by atoms with E-state index in [9.17, 15) is 14.9 Å². The first-order chi connectivity index (χ1) is 8.45. The Bertz CT molecular complexity index is 432. The number of aliphatic carboxylic acids is 1. The van der Waals surface area contributed by atoms with Crippen LogP contribution in [0, 0.1) is 10.1 Å². The van der Waals surface area contributed by atoms with Gasteiger partial charge in [0.1, 0.15) is 18.6 Å². The predicted molar refractivity (Wildman–Crippen MR) is 65.6 cm³/mol. The van der Waals surface area contributed by atoms with E-state index in [1.165, 1.54) is 12.1 Å². The number of carboxylic acids is 1. The third-order valence-electron chi connectivity index (χ3n) is 2.67. The summed E-state index contributed by atoms with van der Waals surface area (Å²) >= 11 is 0. The standard InChI is InChI=1S/C11H15N3O4/c1-3-8(2)13(7-11(15)16)10-5-4-9(6-12-10)14(17)18/h4-6,8H,3,7H2,1-2H3,(H,15,16). The molecule has 1 atom stereocenters. The molecule has 0 bridgehead atoms. The van der Waals surface area contributed by atoms with Crippen molar-refractivity contribution in [2.75, 3.05) is 11.4 Å². The van der Waals surface area contributed by atoms with Gasteiger partial charge in [-0.2, -0.15) is 0 Å². The molecule has 1 rings (SSSR count). The number of hydrogen-bond acceptors (Lipinski definition) is 5. The van der Waals surface area contributed by atoms with Crippen molar-refractivity contribution >= 4 is 17.5 Å². The van der Waals surface area contributed by atoms with Crippen LogP contribution in [0.15, 0.2) is 18.3 Å². The maximum Gasteiger partial charge on any atom is 0.323 e. The largest absolute Gasteiger partial charge is 0.480 e. The number of nitro groups is 1. The van der Waals surface area contributed by atoms with Crippen LogP contribution in [0.4, 0.5) is 11.5 Å². The van der Waals surface area contributed by atoms with Gasteiger partial charge in [-0.05, 0) is 19.4 Å². The Hall–Kier alpha value is -2.18. The van der Waals surface area contributed by atoms with Crippen molar-refractivity contribution in [2.24, 2.45) is 0 Å². The summed E-state index contributed by atoms with van der Waals surface area (Å²) in [5, 5.41) is 19.4. The van der Waals surface area contributed by atoms with E-state index in [-0.39, 0.29) is 18.3 Å². The second-order valence-corrected chi connectivity index (χ2v) is 3.91. The number of aromatic nitrogens is 1. The number of hydrogen-bond donors (Lipinski definition) is 1. The molecule has 1 heterocycles. The van der Waals surface area contributed by atoms with Gasteiger partial charge in [0.15, 0.2) is 0 Å². The molecule has 0 aliphatic carbocycles. The van der Waals surface area contributed by atoms with E-state index in [4.69, 9.17) is 5.11 Å². The highest BCUT2D eigenvalue weighted by Gasteiger charge is 2.18. The normalized spacial score (nSPS) is 11.9. The number of carboxylic acid groups (broad SMARTS) is 1. The summed E-state index contributed by atoms with van der Waals surface area (Å²) < 4.78 is 0. The molecule has 0 amide bonds. The summed E-state index contributed by atoms with van der Waals surface area (Å²) in [5.41, 5.74) is -0.113. The molecule has 0 fully saturated rings. The van der Waals surface area contributed by atoms with E-state index in [1.807, 2.05) is 13.8 Å². The highest BCUT2D eigenvalue weighted by atomic mass is 16.6. The van der Waals surface area contributed by atoms with Crippen LogP contribution in [-0.4, -0.2) is 33.6 Å². The highest BCUT2D eigenvalue weighted by molar-refractivity contribution is 5.73. The molecule has 1 aromatic rings. The van der Waals surface area contributed by atoms with Crippen molar-refractivity contribution in [2.45, 2.75) is 26.3 Å². The molecule has 0 radical (unpaired) electrons. The Morgan fingerprint density at radius 1 is 1.61 bits per heavy atom. The maximum absolute atomic E-state index is 10.8. The third-order valence-corrected chi connectivity index (χ3v) is 2.67. The molecule has 98 valence electrons. The first-order valence-corrected chi connectivity index (χ1v) is 5.54. The van der Waals surface area contributed by atoms with Crippen LogP contribution in [0.5, 0.6) is 0 Å². The number of pyridine rings is 1. The van der Waals surface area contributed by atoms with E-state index in [1.54, 1.807) is 4.90 Å². The lowest BCUT2D eigenvalue weighted by atomic mass is 10.2. The van der Waals surface area contributed by atoms with Crippen LogP contribution in [0.25, 0.3) is 0 Å². The van der Waals surface area contributed by atoms with E-state index < -0.39 is 10.9 Å². The van der Waals surface area contributed by atoms with Gasteiger partial charge in [0, 0.05) is 12.1 Å². The monoisotopic (exact) mass is 253 g/mol. The Balaban J connectivity index is 2.97. The summed E-state index contributed by atoms with van der Waals surface area (Å²) in [7, 11) is 0. The zero-order valence-electron chi connectivity index (χ0n) is 10.2. The fraction of sp³-hybridized carbons (Fsp3) is 0.455. The molecule has 18 heavy (non-hydrogen) atoms. The number of nitrogens with zero attached hydrogens (tertiary/aromatic N) is 3. The summed E-state index contributed by atoms with van der Waals surface area (Å²) in [6, 6.07) is 2.78. The van der Waals surface area contributed by atoms with Crippen molar-refractivity contribution in [3.05, 3.63) is 28.4 Å². The van der Waals surface area contributed by atoms with Gasteiger partial charge in [-0.25, -0.2) is 4.98 Å². The van der Waals surface area contributed by atoms with Gasteiger partial charge in [-0.3, -0.25) is 14.9 Å². The molecule has 0 aromatic carbocycles. The second kappa shape index (κ2) is 5.95. The number of anilines is 1. The maximum atomic E-state index is 10.8. The lowest BCUT2D eigenvalue weighted by Crippen LogP contribution is -2.37. The lowest BCUT2D eigenvalue weighted by Gasteiger charge is -2.27. The van der Waals surface area contributed by atoms with Crippen LogP contribution in [-0.2, 0) is 4.79 Å². The van der Waals surface area contributed by atoms with Crippen molar-refractivity contribution in [1.82, 2.24) is 4.98 Å². The molecule has 1 unspecified atom stereocenters. The van der Waals surface area contributed by atoms with Crippen molar-refractivity contribution in [3.63, 3.8) is 0 Å². The van der Waals surface area contributed by atoms with Gasteiger partial charge in [0.05, 0.1) is 4.92 Å². The molecule has 0 aliphatic rings. The number of rotatable bonds is 6. The van der Waals surface area contributed by atoms with Gasteiger partial charge in [0.25, 0.3) is 5.69 Å². The van der Waals surface area contributed by atoms with E-state index in [0.29, 0.717) is 5.82 Å². The first kappa shape index (κ1) is 13.9. The molecule has 7 heteroatoms. The molecule has 1 N–H and O–H groups in total. The Morgan fingerprint density at radius 2 is 2.28 bits per heavy atom. The molecule has 1 aromatic heterocycles. The third kappa shape index (κ3) is 3.41. The van der Waals surface area contributed by atoms with Crippen LogP contribution < -0.4 is 4.90 Å². The van der Waals surface area contributed by atoms with Gasteiger partial charge in [-0.1, -0.05) is 6.92 Å². The van der Waals surface area contributed by atoms with Crippen LogP contribution in [0.1, 0.15) is 20.3 Å². The lowest BCUT2D eigenvalue weighted by molar-refractivity contribution is -0.385. The predicted octanol–water partition coefficient (Wildman–Crippen LogP) is 1.68. The average molecular weight is 253 g/mol. The Kier molecular flexibility index (Phi) is 4.59. The topological polar surface area (TPSA) is 96.6 Å². The second-order valence-electron chi connectivity index (χ2n) is 3.91. The van der Waals surface area contributed by atoms with Crippen LogP contribution in [0.2, 0.25) is 0 Å². The first-order valence-electron chi connectivity index (χ1n) is 5.54. The van der Waals surface area contributed by atoms with E-state index in [2.05, 4.69) is 4.98 Å². The minimum Gasteiger partial charge on any atom is -0.480 e. The number of carbonyl (C=O) groups is 1. The van der Waals surface area contributed by atoms with E-state index >= 15 is 0 Å².